The largest absolute Gasteiger partial charge is 0.472 e. The summed E-state index contributed by atoms with van der Waals surface area (Å²) in [5.41, 5.74) is -2.30. The summed E-state index contributed by atoms with van der Waals surface area (Å²) in [4.78, 5) is 88.6. The molecule has 43 nitrogen and oxygen atoms in total. The Hall–Kier alpha value is -1.72. The van der Waals surface area contributed by atoms with E-state index in [0.717, 1.165) is 0 Å². The first-order valence-electron chi connectivity index (χ1n) is 38.6. The number of carbonyl (C=O) groups excluding carboxylic acids is 3. The standard InChI is InChI=1S/C66H128N3O40P5/c1-44(2)110(82,83)109-50-35-45(3)34-49(50)39-104-114(90,91)105-43-66(40-92-22-19-31-101-111(84,85)98-28-16-10-7-13-25-95-63-54(67-46(4)73)60(79)57(76)51(36-70)106-63,41-93-23-20-32-102-112(86,87)99-29-17-11-8-14-26-96-64-55(68-47(5)74)61(80)58(77)52(37-71)107-64)42-94-24-21-33-103-113(88,89)100-30-18-12-9-15-27-97-65-56(69-48(6)75)62(81)59(78)53(38-72)108-65/h44-45,49-65,70-72,76-81H,7-43H2,1-6H3,(H,67,73)(H,68,74)(H,69,75)(H,82,83)(H,84,85)(H,86,87)(H,88,89)(H,90,91)/t45-,49-,50?,51?,52?,53?,54?,55?,56?,57+,58+,59+,60-,61-,62-,63-,64-,65-,66?/m1/s1. The van der Waals surface area contributed by atoms with Gasteiger partial charge >= 0.3 is 38.9 Å². The first kappa shape index (κ1) is 105. The molecule has 23 atom stereocenters. The Bertz CT molecular complexity index is 2730. The number of aliphatic hydroxyl groups excluding tert-OH is 9. The molecule has 4 rings (SSSR count). The second-order valence-electron chi connectivity index (χ2n) is 29.0. The Balaban J connectivity index is 1.35. The Morgan fingerprint density at radius 3 is 0.974 bits per heavy atom. The van der Waals surface area contributed by atoms with Crippen LogP contribution in [0.15, 0.2) is 0 Å². The van der Waals surface area contributed by atoms with E-state index in [0.29, 0.717) is 89.9 Å². The van der Waals surface area contributed by atoms with E-state index in [9.17, 15) is 108 Å². The molecule has 0 spiro atoms. The molecule has 1 saturated carbocycles. The van der Waals surface area contributed by atoms with Crippen LogP contribution < -0.4 is 16.0 Å². The highest BCUT2D eigenvalue weighted by atomic mass is 31.2. The lowest BCUT2D eigenvalue weighted by atomic mass is 9.92. The van der Waals surface area contributed by atoms with Crippen LogP contribution in [0.1, 0.15) is 151 Å². The molecule has 4 aliphatic rings. The average Bonchev–Trinajstić information content (AvgIpc) is 1.13. The molecule has 0 aromatic carbocycles. The quantitative estimate of drug-likeness (QED) is 0.0301. The number of phosphoric acid groups is 4. The van der Waals surface area contributed by atoms with Gasteiger partial charge in [-0.3, -0.25) is 55.1 Å². The fourth-order valence-electron chi connectivity index (χ4n) is 12.3. The van der Waals surface area contributed by atoms with Crippen molar-refractivity contribution in [3.63, 3.8) is 0 Å². The summed E-state index contributed by atoms with van der Waals surface area (Å²) in [7, 11) is -22.9. The third-order valence-corrected chi connectivity index (χ3v) is 24.4. The van der Waals surface area contributed by atoms with Gasteiger partial charge in [0, 0.05) is 66.3 Å². The fourth-order valence-corrected chi connectivity index (χ4v) is 16.5. The molecule has 0 aromatic heterocycles. The van der Waals surface area contributed by atoms with Gasteiger partial charge in [-0.25, -0.2) is 18.3 Å². The van der Waals surface area contributed by atoms with E-state index in [4.69, 9.17) is 83.3 Å². The molecular weight excluding hydrogens is 1630 g/mol. The number of amides is 3. The highest BCUT2D eigenvalue weighted by Crippen LogP contribution is 2.54. The van der Waals surface area contributed by atoms with Gasteiger partial charge in [0.15, 0.2) is 18.9 Å². The van der Waals surface area contributed by atoms with Gasteiger partial charge in [0.1, 0.15) is 73.1 Å². The third-order valence-electron chi connectivity index (χ3n) is 18.6. The molecule has 12 unspecified atom stereocenters. The predicted molar refractivity (Wildman–Crippen MR) is 397 cm³/mol. The van der Waals surface area contributed by atoms with Crippen molar-refractivity contribution < 1.29 is 191 Å². The Kier molecular flexibility index (Phi) is 49.6. The molecule has 114 heavy (non-hydrogen) atoms. The van der Waals surface area contributed by atoms with Crippen molar-refractivity contribution in [2.75, 3.05) is 132 Å². The molecule has 0 aromatic rings. The highest BCUT2D eigenvalue weighted by Gasteiger charge is 2.49. The maximum atomic E-state index is 13.9. The van der Waals surface area contributed by atoms with E-state index >= 15 is 0 Å². The molecule has 17 N–H and O–H groups in total. The van der Waals surface area contributed by atoms with Crippen molar-refractivity contribution in [1.29, 1.82) is 0 Å². The SMILES string of the molecule is CC(=O)NC1[C@H](OCCCCCCOP(=O)(O)OCCCOCC(COCCCOP(=O)(O)OCCCCCCO[C@@H]2OC(CO)[C@H](O)[C@H](O)C2NC(C)=O)(COCCCOP(=O)(O)OCCCCCCO[C@@H]2OC(CO)[C@H](O)[C@H](O)C2NC(C)=O)COP(=O)(O)OC[C@H]2C[C@@H](C)CC2OP(=O)(O)C(C)C)OC(CO)[C@H](O)[C@@H]1O. The number of carbonyl (C=O) groups is 3. The van der Waals surface area contributed by atoms with Crippen molar-refractivity contribution in [1.82, 2.24) is 16.0 Å². The van der Waals surface area contributed by atoms with Crippen molar-refractivity contribution in [2.24, 2.45) is 17.3 Å². The Labute approximate surface area is 664 Å². The van der Waals surface area contributed by atoms with Crippen molar-refractivity contribution in [2.45, 2.75) is 254 Å². The van der Waals surface area contributed by atoms with Gasteiger partial charge < -0.3 is 134 Å². The monoisotopic (exact) mass is 1760 g/mol. The van der Waals surface area contributed by atoms with Crippen LogP contribution in [0.2, 0.25) is 0 Å². The van der Waals surface area contributed by atoms with Gasteiger partial charge in [-0.2, -0.15) is 0 Å². The lowest BCUT2D eigenvalue weighted by Crippen LogP contribution is -2.64. The van der Waals surface area contributed by atoms with Gasteiger partial charge in [0.25, 0.3) is 0 Å². The number of nitrogens with one attached hydrogen (secondary N) is 3. The maximum Gasteiger partial charge on any atom is 0.472 e. The van der Waals surface area contributed by atoms with E-state index in [1.54, 1.807) is 0 Å². The number of phosphoric ester groups is 4. The molecule has 672 valence electrons. The number of rotatable bonds is 63. The Morgan fingerprint density at radius 1 is 0.395 bits per heavy atom. The van der Waals surface area contributed by atoms with Crippen LogP contribution in [0.25, 0.3) is 0 Å². The summed E-state index contributed by atoms with van der Waals surface area (Å²) in [5.74, 6) is -2.15. The molecule has 0 radical (unpaired) electrons. The van der Waals surface area contributed by atoms with E-state index in [2.05, 4.69) is 16.0 Å². The zero-order chi connectivity index (χ0) is 84.7. The summed E-state index contributed by atoms with van der Waals surface area (Å²) in [5, 5.41) is 98.5. The summed E-state index contributed by atoms with van der Waals surface area (Å²) in [6, 6.07) is -3.33. The van der Waals surface area contributed by atoms with Crippen LogP contribution in [-0.4, -0.2) is 324 Å². The zero-order valence-electron chi connectivity index (χ0n) is 65.7. The smallest absolute Gasteiger partial charge is 0.394 e. The Morgan fingerprint density at radius 2 is 0.684 bits per heavy atom. The van der Waals surface area contributed by atoms with Crippen LogP contribution >= 0.6 is 38.9 Å². The molecule has 3 amide bonds. The van der Waals surface area contributed by atoms with Crippen LogP contribution in [0, 0.1) is 17.3 Å². The molecule has 4 fully saturated rings. The van der Waals surface area contributed by atoms with Gasteiger partial charge in [-0.05, 0) is 76.5 Å². The third kappa shape index (κ3) is 40.1. The average molecular weight is 1760 g/mol. The van der Waals surface area contributed by atoms with Gasteiger partial charge in [0.2, 0.25) is 17.7 Å². The molecule has 0 bridgehead atoms. The van der Waals surface area contributed by atoms with Gasteiger partial charge in [-0.1, -0.05) is 59.3 Å². The van der Waals surface area contributed by atoms with E-state index in [-0.39, 0.29) is 104 Å². The number of unbranched alkanes of at least 4 members (excludes halogenated alkanes) is 9. The molecule has 3 heterocycles. The summed E-state index contributed by atoms with van der Waals surface area (Å²) < 4.78 is 165. The number of hydrogen-bond acceptors (Lipinski definition) is 35. The molecular formula is C66H128N3O40P5. The molecule has 48 heteroatoms. The predicted octanol–water partition coefficient (Wildman–Crippen LogP) is 1.31. The van der Waals surface area contributed by atoms with Crippen LogP contribution in [-0.2, 0) is 121 Å². The number of hydrogen-bond donors (Lipinski definition) is 17. The van der Waals surface area contributed by atoms with Crippen molar-refractivity contribution in [3.8, 4) is 0 Å². The first-order valence-corrected chi connectivity index (χ1v) is 46.2. The second kappa shape index (κ2) is 54.0. The van der Waals surface area contributed by atoms with E-state index < -0.39 is 224 Å². The van der Waals surface area contributed by atoms with Crippen LogP contribution in [0.3, 0.4) is 0 Å². The van der Waals surface area contributed by atoms with Crippen LogP contribution in [0.5, 0.6) is 0 Å². The normalized spacial score (nSPS) is 30.0. The van der Waals surface area contributed by atoms with Gasteiger partial charge in [-0.15, -0.1) is 0 Å². The number of ether oxygens (including phenoxy) is 9. The van der Waals surface area contributed by atoms with E-state index in [1.807, 2.05) is 6.92 Å². The molecule has 3 saturated heterocycles. The first-order chi connectivity index (χ1) is 53.8. The summed E-state index contributed by atoms with van der Waals surface area (Å²) >= 11 is 0. The minimum atomic E-state index is -5.04. The van der Waals surface area contributed by atoms with Crippen molar-refractivity contribution >= 4 is 56.6 Å². The zero-order valence-corrected chi connectivity index (χ0v) is 70.2. The van der Waals surface area contributed by atoms with Crippen LogP contribution in [0.4, 0.5) is 0 Å². The van der Waals surface area contributed by atoms with Gasteiger partial charge in [0.05, 0.1) is 110 Å². The maximum absolute atomic E-state index is 13.9. The summed E-state index contributed by atoms with van der Waals surface area (Å²) in [6.07, 6.45) is -10.5. The fraction of sp³-hybridized carbons (Fsp3) is 0.955. The van der Waals surface area contributed by atoms with Crippen molar-refractivity contribution in [3.05, 3.63) is 0 Å². The minimum absolute atomic E-state index is 0.0131. The number of aliphatic hydroxyl groups is 9. The topological polar surface area (TPSA) is 622 Å². The minimum Gasteiger partial charge on any atom is -0.394 e. The summed E-state index contributed by atoms with van der Waals surface area (Å²) in [6.45, 7) is 2.47. The second-order valence-corrected chi connectivity index (χ2v) is 37.1. The highest BCUT2D eigenvalue weighted by molar-refractivity contribution is 7.53. The van der Waals surface area contributed by atoms with E-state index in [1.165, 1.54) is 34.6 Å². The molecule has 3 aliphatic heterocycles. The lowest BCUT2D eigenvalue weighted by molar-refractivity contribution is -0.270. The molecule has 1 aliphatic carbocycles. The lowest BCUT2D eigenvalue weighted by Gasteiger charge is -2.42.